The van der Waals surface area contributed by atoms with E-state index in [-0.39, 0.29) is 29.4 Å². The van der Waals surface area contributed by atoms with Crippen LogP contribution < -0.4 is 5.32 Å². The van der Waals surface area contributed by atoms with Gasteiger partial charge < -0.3 is 14.3 Å². The lowest BCUT2D eigenvalue weighted by molar-refractivity contribution is 0.0907. The molecule has 24 heavy (non-hydrogen) atoms. The van der Waals surface area contributed by atoms with Crippen LogP contribution >= 0.6 is 0 Å². The summed E-state index contributed by atoms with van der Waals surface area (Å²) >= 11 is 0. The fourth-order valence-corrected chi connectivity index (χ4v) is 2.94. The molecular formula is C17H16N4O3. The van der Waals surface area contributed by atoms with Gasteiger partial charge in [0.05, 0.1) is 12.2 Å². The molecule has 0 radical (unpaired) electrons. The molecule has 122 valence electrons. The molecule has 1 aliphatic rings. The molecule has 4 rings (SSSR count). The third-order valence-electron chi connectivity index (χ3n) is 4.06. The van der Waals surface area contributed by atoms with Crippen molar-refractivity contribution in [3.8, 4) is 11.4 Å². The highest BCUT2D eigenvalue weighted by Gasteiger charge is 2.26. The quantitative estimate of drug-likeness (QED) is 0.795. The Morgan fingerprint density at radius 2 is 2.33 bits per heavy atom. The fraction of sp³-hybridized carbons (Fsp3) is 0.294. The van der Waals surface area contributed by atoms with Crippen LogP contribution in [0, 0.1) is 13.8 Å². The Hall–Kier alpha value is -2.96. The second-order valence-corrected chi connectivity index (χ2v) is 5.64. The molecule has 1 aromatic carbocycles. The first-order valence-corrected chi connectivity index (χ1v) is 7.52. The summed E-state index contributed by atoms with van der Waals surface area (Å²) in [5.41, 5.74) is 2.72. The van der Waals surface area contributed by atoms with Crippen LogP contribution in [0.5, 0.6) is 0 Å². The van der Waals surface area contributed by atoms with E-state index in [0.29, 0.717) is 11.5 Å². The van der Waals surface area contributed by atoms with Crippen molar-refractivity contribution >= 4 is 5.91 Å². The molecule has 3 aromatic rings. The number of benzene rings is 1. The predicted octanol–water partition coefficient (Wildman–Crippen LogP) is 2.76. The standard InChI is InChI=1S/C17H16N4O3/c1-9-18-8-15(23-9)17(22)20-14-6-4-11-7-12(3-5-13(11)14)16-19-10(2)24-21-16/h3,5,7-8,14H,4,6H2,1-2H3,(H,20,22)/t14-/m1/s1/i2D3. The molecule has 0 fully saturated rings. The largest absolute Gasteiger partial charge is 0.436 e. The lowest BCUT2D eigenvalue weighted by Crippen LogP contribution is -2.26. The predicted molar refractivity (Wildman–Crippen MR) is 84.2 cm³/mol. The maximum Gasteiger partial charge on any atom is 0.289 e. The van der Waals surface area contributed by atoms with Gasteiger partial charge in [-0.15, -0.1) is 0 Å². The molecule has 0 bridgehead atoms. The summed E-state index contributed by atoms with van der Waals surface area (Å²) in [7, 11) is 0. The maximum absolute atomic E-state index is 12.3. The Morgan fingerprint density at radius 3 is 3.08 bits per heavy atom. The lowest BCUT2D eigenvalue weighted by Gasteiger charge is -2.13. The van der Waals surface area contributed by atoms with Crippen LogP contribution in [0.1, 0.15) is 50.0 Å². The monoisotopic (exact) mass is 327 g/mol. The van der Waals surface area contributed by atoms with Crippen LogP contribution in [0.2, 0.25) is 0 Å². The van der Waals surface area contributed by atoms with Crippen LogP contribution in [0.3, 0.4) is 0 Å². The molecule has 7 nitrogen and oxygen atoms in total. The van der Waals surface area contributed by atoms with Gasteiger partial charge >= 0.3 is 0 Å². The molecule has 0 spiro atoms. The van der Waals surface area contributed by atoms with Crippen molar-refractivity contribution in [2.24, 2.45) is 0 Å². The summed E-state index contributed by atoms with van der Waals surface area (Å²) in [6, 6.07) is 5.44. The first-order valence-electron chi connectivity index (χ1n) is 9.02. The van der Waals surface area contributed by atoms with Gasteiger partial charge in [0.2, 0.25) is 17.5 Å². The number of hydrogen-bond donors (Lipinski definition) is 1. The van der Waals surface area contributed by atoms with Gasteiger partial charge in [0.15, 0.2) is 5.89 Å². The summed E-state index contributed by atoms with van der Waals surface area (Å²) < 4.78 is 32.0. The van der Waals surface area contributed by atoms with Crippen LogP contribution in [-0.4, -0.2) is 21.0 Å². The number of aryl methyl sites for hydroxylation is 3. The van der Waals surface area contributed by atoms with E-state index in [1.807, 2.05) is 12.1 Å². The minimum Gasteiger partial charge on any atom is -0.436 e. The third kappa shape index (κ3) is 2.58. The second-order valence-electron chi connectivity index (χ2n) is 5.64. The number of rotatable bonds is 3. The number of nitrogens with zero attached hydrogens (tertiary/aromatic N) is 3. The minimum absolute atomic E-state index is 0.129. The van der Waals surface area contributed by atoms with Crippen molar-refractivity contribution in [1.82, 2.24) is 20.4 Å². The van der Waals surface area contributed by atoms with Crippen molar-refractivity contribution in [3.05, 3.63) is 53.1 Å². The van der Waals surface area contributed by atoms with Gasteiger partial charge in [0, 0.05) is 23.5 Å². The van der Waals surface area contributed by atoms with Crippen molar-refractivity contribution < 1.29 is 17.8 Å². The summed E-state index contributed by atoms with van der Waals surface area (Å²) in [5.74, 6) is 0.159. The molecule has 0 aliphatic heterocycles. The Kier molecular flexibility index (Phi) is 2.69. The minimum atomic E-state index is -2.43. The molecule has 1 amide bonds. The van der Waals surface area contributed by atoms with E-state index in [9.17, 15) is 4.79 Å². The van der Waals surface area contributed by atoms with Gasteiger partial charge in [-0.3, -0.25) is 4.79 Å². The molecule has 2 aromatic heterocycles. The van der Waals surface area contributed by atoms with Gasteiger partial charge in [0.25, 0.3) is 5.91 Å². The number of hydrogen-bond acceptors (Lipinski definition) is 6. The molecule has 1 aliphatic carbocycles. The number of amides is 1. The number of carbonyl (C=O) groups excluding carboxylic acids is 1. The van der Waals surface area contributed by atoms with Gasteiger partial charge in [-0.05, 0) is 30.0 Å². The molecule has 1 atom stereocenters. The van der Waals surface area contributed by atoms with E-state index in [2.05, 4.69) is 20.4 Å². The highest BCUT2D eigenvalue weighted by Crippen LogP contribution is 2.33. The van der Waals surface area contributed by atoms with Crippen molar-refractivity contribution in [3.63, 3.8) is 0 Å². The average Bonchev–Trinajstić information content (AvgIpc) is 3.33. The third-order valence-corrected chi connectivity index (χ3v) is 4.06. The van der Waals surface area contributed by atoms with E-state index >= 15 is 0 Å². The molecule has 7 heteroatoms. The number of fused-ring (bicyclic) bond motifs is 1. The van der Waals surface area contributed by atoms with E-state index in [4.69, 9.17) is 13.1 Å². The van der Waals surface area contributed by atoms with E-state index in [1.165, 1.54) is 6.20 Å². The SMILES string of the molecule is [2H]C([2H])([2H])c1nc(-c2ccc3c(c2)CC[C@H]3NC(=O)c2cnc(C)o2)no1. The normalized spacial score (nSPS) is 18.5. The van der Waals surface area contributed by atoms with Gasteiger partial charge in [-0.25, -0.2) is 4.98 Å². The first-order chi connectivity index (χ1) is 12.8. The van der Waals surface area contributed by atoms with Gasteiger partial charge in [-0.2, -0.15) is 4.98 Å². The van der Waals surface area contributed by atoms with Crippen molar-refractivity contribution in [1.29, 1.82) is 0 Å². The summed E-state index contributed by atoms with van der Waals surface area (Å²) in [6.07, 6.45) is 2.93. The maximum atomic E-state index is 12.3. The average molecular weight is 327 g/mol. The van der Waals surface area contributed by atoms with Crippen LogP contribution in [0.4, 0.5) is 0 Å². The smallest absolute Gasteiger partial charge is 0.289 e. The van der Waals surface area contributed by atoms with E-state index in [0.717, 1.165) is 24.0 Å². The highest BCUT2D eigenvalue weighted by molar-refractivity contribution is 5.91. The van der Waals surface area contributed by atoms with E-state index in [1.54, 1.807) is 13.0 Å². The summed E-state index contributed by atoms with van der Waals surface area (Å²) in [6.45, 7) is -0.755. The van der Waals surface area contributed by atoms with Crippen molar-refractivity contribution in [2.45, 2.75) is 32.7 Å². The van der Waals surface area contributed by atoms with E-state index < -0.39 is 6.85 Å². The zero-order chi connectivity index (χ0) is 19.2. The van der Waals surface area contributed by atoms with Gasteiger partial charge in [-0.1, -0.05) is 17.3 Å². The summed E-state index contributed by atoms with van der Waals surface area (Å²) in [4.78, 5) is 20.2. The number of oxazole rings is 1. The molecule has 0 saturated carbocycles. The Labute approximate surface area is 142 Å². The number of carbonyl (C=O) groups is 1. The molecule has 0 saturated heterocycles. The highest BCUT2D eigenvalue weighted by atomic mass is 16.5. The lowest BCUT2D eigenvalue weighted by atomic mass is 10.0. The summed E-state index contributed by atoms with van der Waals surface area (Å²) in [5, 5.41) is 6.70. The van der Waals surface area contributed by atoms with Crippen LogP contribution in [-0.2, 0) is 6.42 Å². The zero-order valence-electron chi connectivity index (χ0n) is 15.9. The fourth-order valence-electron chi connectivity index (χ4n) is 2.94. The second kappa shape index (κ2) is 5.59. The number of nitrogens with one attached hydrogen (secondary N) is 1. The van der Waals surface area contributed by atoms with Crippen molar-refractivity contribution in [2.75, 3.05) is 0 Å². The Balaban J connectivity index is 1.54. The Bertz CT molecular complexity index is 1010. The zero-order valence-corrected chi connectivity index (χ0v) is 12.9. The molecular weight excluding hydrogens is 308 g/mol. The number of aromatic nitrogens is 3. The molecule has 1 N–H and O–H groups in total. The molecule has 2 heterocycles. The van der Waals surface area contributed by atoms with Crippen LogP contribution in [0.25, 0.3) is 11.4 Å². The van der Waals surface area contributed by atoms with Gasteiger partial charge in [0.1, 0.15) is 0 Å². The van der Waals surface area contributed by atoms with Crippen LogP contribution in [0.15, 0.2) is 33.3 Å². The Morgan fingerprint density at radius 1 is 1.42 bits per heavy atom. The topological polar surface area (TPSA) is 94.1 Å². The first kappa shape index (κ1) is 11.6. The molecule has 0 unspecified atom stereocenters.